The Kier molecular flexibility index (Phi) is 6.16. The zero-order chi connectivity index (χ0) is 21.8. The van der Waals surface area contributed by atoms with Crippen molar-refractivity contribution >= 4 is 28.5 Å². The van der Waals surface area contributed by atoms with Crippen molar-refractivity contribution in [1.29, 1.82) is 0 Å². The standard InChI is InChI=1S/C25H26N2O4/c1-3-30-18-11-9-17(10-12-18)26-23(28)15-31-25(29)24-19-6-4-5-7-21(19)27-22-13-8-16(2)14-20(22)24/h4-7,9-12,16H,3,8,13-15H2,1-2H3,(H,26,28). The Morgan fingerprint density at radius 1 is 1.13 bits per heavy atom. The number of nitrogens with zero attached hydrogens (tertiary/aromatic N) is 1. The van der Waals surface area contributed by atoms with E-state index in [1.54, 1.807) is 24.3 Å². The maximum atomic E-state index is 13.1. The minimum absolute atomic E-state index is 0.354. The lowest BCUT2D eigenvalue weighted by atomic mass is 9.84. The number of carbonyl (C=O) groups is 2. The molecule has 0 radical (unpaired) electrons. The number of carbonyl (C=O) groups excluding carboxylic acids is 2. The number of fused-ring (bicyclic) bond motifs is 2. The van der Waals surface area contributed by atoms with E-state index in [4.69, 9.17) is 14.5 Å². The summed E-state index contributed by atoms with van der Waals surface area (Å²) in [5.74, 6) is 0.337. The number of aryl methyl sites for hydroxylation is 1. The fourth-order valence-corrected chi connectivity index (χ4v) is 4.00. The summed E-state index contributed by atoms with van der Waals surface area (Å²) in [5, 5.41) is 3.51. The minimum atomic E-state index is -0.481. The predicted molar refractivity (Wildman–Crippen MR) is 119 cm³/mol. The van der Waals surface area contributed by atoms with Gasteiger partial charge in [-0.3, -0.25) is 9.78 Å². The van der Waals surface area contributed by atoms with Crippen LogP contribution in [0.5, 0.6) is 5.75 Å². The van der Waals surface area contributed by atoms with E-state index in [2.05, 4.69) is 12.2 Å². The van der Waals surface area contributed by atoms with Crippen LogP contribution in [0.15, 0.2) is 48.5 Å². The lowest BCUT2D eigenvalue weighted by Gasteiger charge is -2.24. The van der Waals surface area contributed by atoms with E-state index >= 15 is 0 Å². The molecule has 0 spiro atoms. The SMILES string of the molecule is CCOc1ccc(NC(=O)COC(=O)c2c3c(nc4ccccc24)CCC(C)C3)cc1. The highest BCUT2D eigenvalue weighted by atomic mass is 16.5. The maximum Gasteiger partial charge on any atom is 0.339 e. The molecule has 31 heavy (non-hydrogen) atoms. The topological polar surface area (TPSA) is 77.5 Å². The van der Waals surface area contributed by atoms with Gasteiger partial charge in [0.25, 0.3) is 5.91 Å². The molecule has 2 aromatic carbocycles. The van der Waals surface area contributed by atoms with Crippen LogP contribution in [-0.4, -0.2) is 30.1 Å². The first-order valence-corrected chi connectivity index (χ1v) is 10.7. The van der Waals surface area contributed by atoms with Crippen molar-refractivity contribution < 1.29 is 19.1 Å². The van der Waals surface area contributed by atoms with Gasteiger partial charge in [0.1, 0.15) is 5.75 Å². The molecule has 0 aliphatic heterocycles. The number of aromatic nitrogens is 1. The second-order valence-corrected chi connectivity index (χ2v) is 7.86. The van der Waals surface area contributed by atoms with Crippen molar-refractivity contribution in [3.05, 3.63) is 65.4 Å². The number of hydrogen-bond acceptors (Lipinski definition) is 5. The summed E-state index contributed by atoms with van der Waals surface area (Å²) in [6, 6.07) is 14.6. The fraction of sp³-hybridized carbons (Fsp3) is 0.320. The van der Waals surface area contributed by atoms with Gasteiger partial charge in [-0.2, -0.15) is 0 Å². The molecule has 3 aromatic rings. The summed E-state index contributed by atoms with van der Waals surface area (Å²) >= 11 is 0. The highest BCUT2D eigenvalue weighted by Crippen LogP contribution is 2.32. The second kappa shape index (κ2) is 9.16. The molecule has 160 valence electrons. The number of rotatable bonds is 6. The first kappa shape index (κ1) is 20.8. The lowest BCUT2D eigenvalue weighted by molar-refractivity contribution is -0.119. The lowest BCUT2D eigenvalue weighted by Crippen LogP contribution is -2.23. The molecule has 1 aliphatic rings. The maximum absolute atomic E-state index is 13.1. The highest BCUT2D eigenvalue weighted by Gasteiger charge is 2.26. The van der Waals surface area contributed by atoms with Gasteiger partial charge in [-0.25, -0.2) is 4.79 Å². The predicted octanol–water partition coefficient (Wildman–Crippen LogP) is 4.55. The average Bonchev–Trinajstić information content (AvgIpc) is 2.77. The molecule has 6 heteroatoms. The number of nitrogens with one attached hydrogen (secondary N) is 1. The van der Waals surface area contributed by atoms with Crippen LogP contribution in [0, 0.1) is 5.92 Å². The Morgan fingerprint density at radius 3 is 2.68 bits per heavy atom. The Morgan fingerprint density at radius 2 is 1.90 bits per heavy atom. The van der Waals surface area contributed by atoms with Gasteiger partial charge in [0.15, 0.2) is 6.61 Å². The molecule has 1 aliphatic carbocycles. The molecule has 1 unspecified atom stereocenters. The van der Waals surface area contributed by atoms with E-state index in [0.29, 0.717) is 23.8 Å². The summed E-state index contributed by atoms with van der Waals surface area (Å²) < 4.78 is 10.8. The first-order chi connectivity index (χ1) is 15.0. The number of benzene rings is 2. The number of esters is 1. The monoisotopic (exact) mass is 418 g/mol. The van der Waals surface area contributed by atoms with Crippen LogP contribution in [0.1, 0.15) is 41.9 Å². The molecule has 0 saturated carbocycles. The summed E-state index contributed by atoms with van der Waals surface area (Å²) in [6.07, 6.45) is 2.69. The van der Waals surface area contributed by atoms with Crippen molar-refractivity contribution in [2.24, 2.45) is 5.92 Å². The molecule has 1 amide bonds. The summed E-state index contributed by atoms with van der Waals surface area (Å²) in [5.41, 5.74) is 3.85. The van der Waals surface area contributed by atoms with Crippen LogP contribution < -0.4 is 10.1 Å². The van der Waals surface area contributed by atoms with Gasteiger partial charge in [0.2, 0.25) is 0 Å². The number of para-hydroxylation sites is 1. The van der Waals surface area contributed by atoms with Crippen LogP contribution in [0.25, 0.3) is 10.9 Å². The minimum Gasteiger partial charge on any atom is -0.494 e. The third kappa shape index (κ3) is 4.68. The van der Waals surface area contributed by atoms with Crippen molar-refractivity contribution in [1.82, 2.24) is 4.98 Å². The summed E-state index contributed by atoms with van der Waals surface area (Å²) in [6.45, 7) is 4.31. The fourth-order valence-electron chi connectivity index (χ4n) is 4.00. The molecule has 1 heterocycles. The molecule has 0 fully saturated rings. The van der Waals surface area contributed by atoms with Crippen molar-refractivity contribution in [2.75, 3.05) is 18.5 Å². The quantitative estimate of drug-likeness (QED) is 0.594. The molecular weight excluding hydrogens is 392 g/mol. The summed E-state index contributed by atoms with van der Waals surface area (Å²) in [4.78, 5) is 30.2. The molecule has 0 saturated heterocycles. The van der Waals surface area contributed by atoms with Crippen molar-refractivity contribution in [3.63, 3.8) is 0 Å². The average molecular weight is 418 g/mol. The van der Waals surface area contributed by atoms with E-state index in [-0.39, 0.29) is 6.61 Å². The third-order valence-corrected chi connectivity index (χ3v) is 5.49. The normalized spacial score (nSPS) is 15.2. The van der Waals surface area contributed by atoms with Crippen molar-refractivity contribution in [2.45, 2.75) is 33.1 Å². The van der Waals surface area contributed by atoms with Gasteiger partial charge in [0.05, 0.1) is 17.7 Å². The van der Waals surface area contributed by atoms with E-state index in [1.807, 2.05) is 31.2 Å². The van der Waals surface area contributed by atoms with E-state index in [9.17, 15) is 9.59 Å². The number of pyridine rings is 1. The molecule has 0 bridgehead atoms. The molecule has 1 N–H and O–H groups in total. The van der Waals surface area contributed by atoms with Gasteiger partial charge in [0, 0.05) is 16.8 Å². The van der Waals surface area contributed by atoms with Gasteiger partial charge in [-0.1, -0.05) is 25.1 Å². The van der Waals surface area contributed by atoms with E-state index in [1.165, 1.54) is 0 Å². The summed E-state index contributed by atoms with van der Waals surface area (Å²) in [7, 11) is 0. The van der Waals surface area contributed by atoms with Gasteiger partial charge >= 0.3 is 5.97 Å². The molecule has 4 rings (SSSR count). The van der Waals surface area contributed by atoms with Crippen LogP contribution >= 0.6 is 0 Å². The smallest absolute Gasteiger partial charge is 0.339 e. The Hall–Kier alpha value is -3.41. The number of anilines is 1. The zero-order valence-corrected chi connectivity index (χ0v) is 17.8. The number of hydrogen-bond donors (Lipinski definition) is 1. The van der Waals surface area contributed by atoms with Crippen LogP contribution in [-0.2, 0) is 22.4 Å². The first-order valence-electron chi connectivity index (χ1n) is 10.7. The highest BCUT2D eigenvalue weighted by molar-refractivity contribution is 6.06. The van der Waals surface area contributed by atoms with Gasteiger partial charge in [-0.15, -0.1) is 0 Å². The Bertz CT molecular complexity index is 1110. The molecule has 6 nitrogen and oxygen atoms in total. The molecule has 1 atom stereocenters. The largest absolute Gasteiger partial charge is 0.494 e. The van der Waals surface area contributed by atoms with E-state index < -0.39 is 11.9 Å². The zero-order valence-electron chi connectivity index (χ0n) is 17.8. The Balaban J connectivity index is 1.49. The van der Waals surface area contributed by atoms with Crippen molar-refractivity contribution in [3.8, 4) is 5.75 Å². The van der Waals surface area contributed by atoms with Gasteiger partial charge in [-0.05, 0) is 68.0 Å². The second-order valence-electron chi connectivity index (χ2n) is 7.86. The molecule has 1 aromatic heterocycles. The van der Waals surface area contributed by atoms with Crippen LogP contribution in [0.2, 0.25) is 0 Å². The van der Waals surface area contributed by atoms with Gasteiger partial charge < -0.3 is 14.8 Å². The Labute approximate surface area is 181 Å². The van der Waals surface area contributed by atoms with Crippen LogP contribution in [0.4, 0.5) is 5.69 Å². The number of amides is 1. The van der Waals surface area contributed by atoms with Crippen LogP contribution in [0.3, 0.4) is 0 Å². The third-order valence-electron chi connectivity index (χ3n) is 5.49. The molecular formula is C25H26N2O4. The number of ether oxygens (including phenoxy) is 2. The van der Waals surface area contributed by atoms with E-state index in [0.717, 1.165) is 47.2 Å².